The Morgan fingerprint density at radius 1 is 1.45 bits per heavy atom. The molecule has 0 saturated carbocycles. The number of nitrogens with one attached hydrogen (secondary N) is 1. The Bertz CT molecular complexity index is 506. The molecule has 7 nitrogen and oxygen atoms in total. The molecule has 0 spiro atoms. The zero-order valence-electron chi connectivity index (χ0n) is 12.2. The van der Waals surface area contributed by atoms with Crippen LogP contribution in [0, 0.1) is 17.0 Å². The lowest BCUT2D eigenvalue weighted by Crippen LogP contribution is -2.38. The predicted octanol–water partition coefficient (Wildman–Crippen LogP) is 2.50. The Kier molecular flexibility index (Phi) is 4.36. The number of nitro groups is 1. The fraction of sp³-hybridized carbons (Fsp3) is 0.692. The van der Waals surface area contributed by atoms with Crippen LogP contribution in [0.4, 0.5) is 17.5 Å². The molecular formula is C13H21N5O2. The maximum absolute atomic E-state index is 11.3. The summed E-state index contributed by atoms with van der Waals surface area (Å²) in [5.74, 6) is 0.911. The summed E-state index contributed by atoms with van der Waals surface area (Å²) in [6, 6.07) is 0.270. The van der Waals surface area contributed by atoms with Gasteiger partial charge in [0.2, 0.25) is 11.8 Å². The standard InChI is InChI=1S/C13H21N5O2/c1-4-14-13-15-10(3)11(18(19)20)12(16-13)17-8-6-5-7-9(17)2/h9H,4-8H2,1-3H3,(H,14,15,16). The highest BCUT2D eigenvalue weighted by molar-refractivity contribution is 5.63. The second kappa shape index (κ2) is 6.02. The lowest BCUT2D eigenvalue weighted by Gasteiger charge is -2.34. The monoisotopic (exact) mass is 279 g/mol. The van der Waals surface area contributed by atoms with E-state index in [0.29, 0.717) is 24.0 Å². The predicted molar refractivity (Wildman–Crippen MR) is 78.2 cm³/mol. The number of hydrogen-bond donors (Lipinski definition) is 1. The second-order valence-electron chi connectivity index (χ2n) is 5.13. The molecule has 0 aliphatic carbocycles. The molecule has 2 heterocycles. The Balaban J connectivity index is 2.49. The van der Waals surface area contributed by atoms with Gasteiger partial charge in [0.15, 0.2) is 0 Å². The molecule has 20 heavy (non-hydrogen) atoms. The summed E-state index contributed by atoms with van der Waals surface area (Å²) < 4.78 is 0. The number of aryl methyl sites for hydroxylation is 1. The molecule has 1 saturated heterocycles. The van der Waals surface area contributed by atoms with Gasteiger partial charge in [-0.15, -0.1) is 0 Å². The Morgan fingerprint density at radius 2 is 2.20 bits per heavy atom. The first kappa shape index (κ1) is 14.5. The van der Waals surface area contributed by atoms with Crippen LogP contribution in [0.25, 0.3) is 0 Å². The van der Waals surface area contributed by atoms with Crippen LogP contribution < -0.4 is 10.2 Å². The molecule has 1 unspecified atom stereocenters. The first-order valence-corrected chi connectivity index (χ1v) is 7.08. The normalized spacial score (nSPS) is 18.9. The number of piperidine rings is 1. The first-order valence-electron chi connectivity index (χ1n) is 7.08. The fourth-order valence-corrected chi connectivity index (χ4v) is 2.62. The summed E-state index contributed by atoms with van der Waals surface area (Å²) in [4.78, 5) is 21.6. The summed E-state index contributed by atoms with van der Waals surface area (Å²) in [5.41, 5.74) is 0.439. The second-order valence-corrected chi connectivity index (χ2v) is 5.13. The Morgan fingerprint density at radius 3 is 2.80 bits per heavy atom. The van der Waals surface area contributed by atoms with Crippen molar-refractivity contribution in [2.75, 3.05) is 23.3 Å². The van der Waals surface area contributed by atoms with E-state index in [-0.39, 0.29) is 16.7 Å². The van der Waals surface area contributed by atoms with Crippen molar-refractivity contribution in [2.45, 2.75) is 46.1 Å². The van der Waals surface area contributed by atoms with E-state index in [1.165, 1.54) is 0 Å². The molecule has 1 aliphatic heterocycles. The van der Waals surface area contributed by atoms with E-state index in [1.54, 1.807) is 6.92 Å². The molecule has 1 atom stereocenters. The largest absolute Gasteiger partial charge is 0.354 e. The van der Waals surface area contributed by atoms with Crippen LogP contribution in [0.3, 0.4) is 0 Å². The summed E-state index contributed by atoms with van der Waals surface area (Å²) in [6.07, 6.45) is 3.24. The minimum atomic E-state index is -0.373. The highest BCUT2D eigenvalue weighted by atomic mass is 16.6. The topological polar surface area (TPSA) is 84.2 Å². The lowest BCUT2D eigenvalue weighted by molar-refractivity contribution is -0.385. The number of hydrogen-bond acceptors (Lipinski definition) is 6. The number of aromatic nitrogens is 2. The Hall–Kier alpha value is -1.92. The van der Waals surface area contributed by atoms with Crippen LogP contribution >= 0.6 is 0 Å². The molecule has 1 aliphatic rings. The smallest absolute Gasteiger partial charge is 0.332 e. The van der Waals surface area contributed by atoms with Crippen molar-refractivity contribution < 1.29 is 4.92 Å². The van der Waals surface area contributed by atoms with Gasteiger partial charge in [0.1, 0.15) is 5.69 Å². The third-order valence-corrected chi connectivity index (χ3v) is 3.63. The van der Waals surface area contributed by atoms with Crippen molar-refractivity contribution in [2.24, 2.45) is 0 Å². The minimum Gasteiger partial charge on any atom is -0.354 e. The zero-order chi connectivity index (χ0) is 14.7. The average Bonchev–Trinajstić information content (AvgIpc) is 2.38. The van der Waals surface area contributed by atoms with Gasteiger partial charge in [-0.05, 0) is 40.0 Å². The van der Waals surface area contributed by atoms with Gasteiger partial charge in [0, 0.05) is 19.1 Å². The van der Waals surface area contributed by atoms with Crippen LogP contribution in [0.1, 0.15) is 38.8 Å². The van der Waals surface area contributed by atoms with Crippen molar-refractivity contribution in [3.63, 3.8) is 0 Å². The van der Waals surface area contributed by atoms with Gasteiger partial charge in [0.25, 0.3) is 0 Å². The molecule has 0 radical (unpaired) electrons. The van der Waals surface area contributed by atoms with Gasteiger partial charge in [-0.1, -0.05) is 0 Å². The minimum absolute atomic E-state index is 0.0282. The zero-order valence-corrected chi connectivity index (χ0v) is 12.2. The molecule has 1 N–H and O–H groups in total. The molecular weight excluding hydrogens is 258 g/mol. The molecule has 0 bridgehead atoms. The third kappa shape index (κ3) is 2.81. The van der Waals surface area contributed by atoms with Gasteiger partial charge in [-0.3, -0.25) is 10.1 Å². The van der Waals surface area contributed by atoms with E-state index in [0.717, 1.165) is 25.8 Å². The Labute approximate surface area is 118 Å². The van der Waals surface area contributed by atoms with Crippen molar-refractivity contribution in [3.8, 4) is 0 Å². The van der Waals surface area contributed by atoms with Crippen LogP contribution in [-0.2, 0) is 0 Å². The van der Waals surface area contributed by atoms with Gasteiger partial charge in [-0.2, -0.15) is 4.98 Å². The van der Waals surface area contributed by atoms with E-state index >= 15 is 0 Å². The quantitative estimate of drug-likeness (QED) is 0.673. The molecule has 1 fully saturated rings. The molecule has 0 amide bonds. The highest BCUT2D eigenvalue weighted by Crippen LogP contribution is 2.33. The van der Waals surface area contributed by atoms with Crippen molar-refractivity contribution in [3.05, 3.63) is 15.8 Å². The number of anilines is 2. The van der Waals surface area contributed by atoms with E-state index in [9.17, 15) is 10.1 Å². The molecule has 110 valence electrons. The first-order chi connectivity index (χ1) is 9.54. The summed E-state index contributed by atoms with van der Waals surface area (Å²) >= 11 is 0. The van der Waals surface area contributed by atoms with Crippen LogP contribution in [0.5, 0.6) is 0 Å². The summed E-state index contributed by atoms with van der Waals surface area (Å²) in [7, 11) is 0. The highest BCUT2D eigenvalue weighted by Gasteiger charge is 2.30. The van der Waals surface area contributed by atoms with Crippen molar-refractivity contribution >= 4 is 17.5 Å². The fourth-order valence-electron chi connectivity index (χ4n) is 2.62. The summed E-state index contributed by atoms with van der Waals surface area (Å²) in [5, 5.41) is 14.4. The maximum Gasteiger partial charge on any atom is 0.332 e. The van der Waals surface area contributed by atoms with E-state index in [2.05, 4.69) is 22.2 Å². The average molecular weight is 279 g/mol. The van der Waals surface area contributed by atoms with Crippen LogP contribution in [0.2, 0.25) is 0 Å². The summed E-state index contributed by atoms with van der Waals surface area (Å²) in [6.45, 7) is 7.20. The third-order valence-electron chi connectivity index (χ3n) is 3.63. The molecule has 1 aromatic heterocycles. The maximum atomic E-state index is 11.3. The van der Waals surface area contributed by atoms with Crippen molar-refractivity contribution in [1.82, 2.24) is 9.97 Å². The van der Waals surface area contributed by atoms with E-state index in [4.69, 9.17) is 0 Å². The van der Waals surface area contributed by atoms with Gasteiger partial charge in [0.05, 0.1) is 4.92 Å². The molecule has 0 aromatic carbocycles. The van der Waals surface area contributed by atoms with E-state index < -0.39 is 0 Å². The SMILES string of the molecule is CCNc1nc(C)c([N+](=O)[O-])c(N2CCCCC2C)n1. The molecule has 7 heteroatoms. The van der Waals surface area contributed by atoms with Gasteiger partial charge >= 0.3 is 5.69 Å². The lowest BCUT2D eigenvalue weighted by atomic mass is 10.0. The van der Waals surface area contributed by atoms with Crippen molar-refractivity contribution in [1.29, 1.82) is 0 Å². The molecule has 1 aromatic rings. The van der Waals surface area contributed by atoms with Gasteiger partial charge < -0.3 is 10.2 Å². The molecule has 2 rings (SSSR count). The van der Waals surface area contributed by atoms with E-state index in [1.807, 2.05) is 11.8 Å². The van der Waals surface area contributed by atoms with Crippen LogP contribution in [-0.4, -0.2) is 34.0 Å². The number of nitrogens with zero attached hydrogens (tertiary/aromatic N) is 4. The van der Waals surface area contributed by atoms with Gasteiger partial charge in [-0.25, -0.2) is 4.98 Å². The number of rotatable bonds is 4. The van der Waals surface area contributed by atoms with Crippen LogP contribution in [0.15, 0.2) is 0 Å².